The van der Waals surface area contributed by atoms with Crippen LogP contribution in [0.25, 0.3) is 0 Å². The van der Waals surface area contributed by atoms with Crippen molar-refractivity contribution in [1.29, 1.82) is 0 Å². The highest BCUT2D eigenvalue weighted by molar-refractivity contribution is 5.46. The molecule has 0 spiro atoms. The van der Waals surface area contributed by atoms with Crippen LogP contribution in [0, 0.1) is 5.41 Å². The van der Waals surface area contributed by atoms with Crippen LogP contribution in [0.3, 0.4) is 0 Å². The molecule has 10 heteroatoms. The quantitative estimate of drug-likeness (QED) is 0.408. The number of benzene rings is 1. The van der Waals surface area contributed by atoms with Crippen molar-refractivity contribution in [2.24, 2.45) is 5.41 Å². The fourth-order valence-electron chi connectivity index (χ4n) is 4.67. The molecule has 1 aromatic heterocycles. The summed E-state index contributed by atoms with van der Waals surface area (Å²) in [5, 5.41) is 0. The van der Waals surface area contributed by atoms with Gasteiger partial charge in [0.15, 0.2) is 11.5 Å². The van der Waals surface area contributed by atoms with E-state index in [1.807, 2.05) is 25.7 Å². The number of aromatic nitrogens is 1. The van der Waals surface area contributed by atoms with E-state index in [2.05, 4.69) is 4.98 Å². The summed E-state index contributed by atoms with van der Waals surface area (Å²) in [5.41, 5.74) is -1.86. The van der Waals surface area contributed by atoms with Gasteiger partial charge in [0, 0.05) is 31.1 Å². The highest BCUT2D eigenvalue weighted by atomic mass is 19.4. The Morgan fingerprint density at radius 1 is 0.857 bits per heavy atom. The van der Waals surface area contributed by atoms with Gasteiger partial charge in [-0.3, -0.25) is 0 Å². The van der Waals surface area contributed by atoms with E-state index in [-0.39, 0.29) is 41.7 Å². The number of fused-ring (bicyclic) bond motifs is 2. The number of halogens is 6. The summed E-state index contributed by atoms with van der Waals surface area (Å²) < 4.78 is 90.4. The topological polar surface area (TPSA) is 34.6 Å². The first-order chi connectivity index (χ1) is 16.2. The molecule has 0 N–H and O–H groups in total. The van der Waals surface area contributed by atoms with Gasteiger partial charge in [-0.2, -0.15) is 26.3 Å². The fraction of sp³-hybridized carbons (Fsp3) is 0.560. The van der Waals surface area contributed by atoms with E-state index in [4.69, 9.17) is 9.47 Å². The van der Waals surface area contributed by atoms with Gasteiger partial charge in [-0.1, -0.05) is 20.8 Å². The SMILES string of the molecule is CC(C)(C)COc1cc(C(F)(F)F)ccc1OC1C[C@H]2CC[C@@H](C1)N2c1ccc(C(F)(F)F)cn1. The normalized spacial score (nSPS) is 22.9. The molecule has 2 saturated heterocycles. The molecule has 1 unspecified atom stereocenters. The van der Waals surface area contributed by atoms with E-state index < -0.39 is 23.5 Å². The smallest absolute Gasteiger partial charge is 0.417 e. The predicted molar refractivity (Wildman–Crippen MR) is 119 cm³/mol. The second-order valence-corrected chi connectivity index (χ2v) is 10.4. The number of hydrogen-bond donors (Lipinski definition) is 0. The lowest BCUT2D eigenvalue weighted by Crippen LogP contribution is -2.46. The Morgan fingerprint density at radius 2 is 1.46 bits per heavy atom. The second-order valence-electron chi connectivity index (χ2n) is 10.4. The van der Waals surface area contributed by atoms with E-state index >= 15 is 0 Å². The summed E-state index contributed by atoms with van der Waals surface area (Å²) >= 11 is 0. The van der Waals surface area contributed by atoms with Gasteiger partial charge in [-0.25, -0.2) is 4.98 Å². The molecule has 192 valence electrons. The molecule has 0 saturated carbocycles. The van der Waals surface area contributed by atoms with Crippen LogP contribution in [0.4, 0.5) is 32.2 Å². The number of pyridine rings is 1. The van der Waals surface area contributed by atoms with Crippen molar-refractivity contribution < 1.29 is 35.8 Å². The lowest BCUT2D eigenvalue weighted by Gasteiger charge is -2.40. The first kappa shape index (κ1) is 25.4. The molecule has 2 aliphatic rings. The molecule has 2 aromatic rings. The Bertz CT molecular complexity index is 1020. The van der Waals surface area contributed by atoms with E-state index in [0.29, 0.717) is 18.7 Å². The van der Waals surface area contributed by atoms with Crippen molar-refractivity contribution in [2.45, 2.75) is 77.0 Å². The molecule has 3 atom stereocenters. The number of ether oxygens (including phenoxy) is 2. The molecule has 0 radical (unpaired) electrons. The maximum Gasteiger partial charge on any atom is 0.417 e. The molecule has 2 bridgehead atoms. The van der Waals surface area contributed by atoms with E-state index in [1.54, 1.807) is 0 Å². The predicted octanol–water partition coefficient (Wildman–Crippen LogP) is 7.12. The standard InChI is InChI=1S/C25H28F6N2O2/c1-23(2,3)14-34-21-10-15(24(26,27)28)4-8-20(21)35-19-11-17-6-7-18(12-19)33(17)22-9-5-16(13-32-22)25(29,30)31/h4-5,8-10,13,17-19H,6-7,11-12,14H2,1-3H3/t17-,18+,19?. The molecular formula is C25H28F6N2O2. The number of rotatable bonds is 5. The van der Waals surface area contributed by atoms with Gasteiger partial charge in [0.2, 0.25) is 0 Å². The molecule has 3 heterocycles. The van der Waals surface area contributed by atoms with Gasteiger partial charge in [-0.05, 0) is 48.6 Å². The summed E-state index contributed by atoms with van der Waals surface area (Å²) in [5.74, 6) is 0.800. The zero-order chi connectivity index (χ0) is 25.6. The number of hydrogen-bond acceptors (Lipinski definition) is 4. The van der Waals surface area contributed by atoms with E-state index in [1.165, 1.54) is 12.1 Å². The van der Waals surface area contributed by atoms with Gasteiger partial charge in [0.25, 0.3) is 0 Å². The van der Waals surface area contributed by atoms with Crippen molar-refractivity contribution in [3.05, 3.63) is 47.7 Å². The molecular weight excluding hydrogens is 474 g/mol. The maximum absolute atomic E-state index is 13.3. The van der Waals surface area contributed by atoms with Crippen LogP contribution >= 0.6 is 0 Å². The fourth-order valence-corrected chi connectivity index (χ4v) is 4.67. The summed E-state index contributed by atoms with van der Waals surface area (Å²) in [6, 6.07) is 5.72. The second kappa shape index (κ2) is 9.09. The molecule has 35 heavy (non-hydrogen) atoms. The third-order valence-electron chi connectivity index (χ3n) is 6.25. The maximum atomic E-state index is 13.3. The molecule has 0 amide bonds. The number of nitrogens with zero attached hydrogens (tertiary/aromatic N) is 2. The number of alkyl halides is 6. The van der Waals surface area contributed by atoms with E-state index in [9.17, 15) is 26.3 Å². The number of anilines is 1. The molecule has 4 rings (SSSR count). The first-order valence-electron chi connectivity index (χ1n) is 11.5. The Hall–Kier alpha value is -2.65. The van der Waals surface area contributed by atoms with Crippen LogP contribution in [0.2, 0.25) is 0 Å². The summed E-state index contributed by atoms with van der Waals surface area (Å²) in [6.07, 6.45) is -5.51. The third kappa shape index (κ3) is 5.95. The van der Waals surface area contributed by atoms with Crippen LogP contribution in [0.1, 0.15) is 57.6 Å². The molecule has 0 aliphatic carbocycles. The minimum atomic E-state index is -4.50. The van der Waals surface area contributed by atoms with Crippen molar-refractivity contribution in [3.8, 4) is 11.5 Å². The lowest BCUT2D eigenvalue weighted by atomic mass is 9.98. The van der Waals surface area contributed by atoms with Gasteiger partial charge in [0.1, 0.15) is 11.9 Å². The van der Waals surface area contributed by atoms with Crippen LogP contribution in [0.5, 0.6) is 11.5 Å². The third-order valence-corrected chi connectivity index (χ3v) is 6.25. The first-order valence-corrected chi connectivity index (χ1v) is 11.5. The van der Waals surface area contributed by atoms with Gasteiger partial charge in [0.05, 0.1) is 17.7 Å². The van der Waals surface area contributed by atoms with Crippen molar-refractivity contribution in [1.82, 2.24) is 4.98 Å². The average Bonchev–Trinajstić information content (AvgIpc) is 3.01. The highest BCUT2D eigenvalue weighted by Crippen LogP contribution is 2.43. The molecule has 1 aromatic carbocycles. The molecule has 4 nitrogen and oxygen atoms in total. The Kier molecular flexibility index (Phi) is 6.61. The minimum absolute atomic E-state index is 0.0244. The van der Waals surface area contributed by atoms with Crippen molar-refractivity contribution in [2.75, 3.05) is 11.5 Å². The zero-order valence-electron chi connectivity index (χ0n) is 19.7. The molecule has 2 fully saturated rings. The van der Waals surface area contributed by atoms with Crippen LogP contribution in [0.15, 0.2) is 36.5 Å². The summed E-state index contributed by atoms with van der Waals surface area (Å²) in [6.45, 7) is 5.98. The Balaban J connectivity index is 1.49. The van der Waals surface area contributed by atoms with E-state index in [0.717, 1.165) is 37.2 Å². The molecule has 2 aliphatic heterocycles. The van der Waals surface area contributed by atoms with Crippen molar-refractivity contribution in [3.63, 3.8) is 0 Å². The minimum Gasteiger partial charge on any atom is -0.489 e. The van der Waals surface area contributed by atoms with Crippen LogP contribution < -0.4 is 14.4 Å². The van der Waals surface area contributed by atoms with Crippen LogP contribution in [-0.4, -0.2) is 29.8 Å². The number of piperidine rings is 1. The summed E-state index contributed by atoms with van der Waals surface area (Å²) in [4.78, 5) is 6.10. The highest BCUT2D eigenvalue weighted by Gasteiger charge is 2.43. The van der Waals surface area contributed by atoms with Gasteiger partial charge >= 0.3 is 12.4 Å². The largest absolute Gasteiger partial charge is 0.489 e. The lowest BCUT2D eigenvalue weighted by molar-refractivity contribution is -0.138. The average molecular weight is 502 g/mol. The monoisotopic (exact) mass is 502 g/mol. The van der Waals surface area contributed by atoms with Crippen LogP contribution in [-0.2, 0) is 12.4 Å². The zero-order valence-corrected chi connectivity index (χ0v) is 19.7. The van der Waals surface area contributed by atoms with Crippen molar-refractivity contribution >= 4 is 5.82 Å². The summed E-state index contributed by atoms with van der Waals surface area (Å²) in [7, 11) is 0. The Morgan fingerprint density at radius 3 is 1.97 bits per heavy atom. The Labute approximate surface area is 200 Å². The van der Waals surface area contributed by atoms with Gasteiger partial charge < -0.3 is 14.4 Å². The van der Waals surface area contributed by atoms with Gasteiger partial charge in [-0.15, -0.1) is 0 Å².